The second-order valence-corrected chi connectivity index (χ2v) is 15.6. The Morgan fingerprint density at radius 1 is 0.411 bits per heavy atom. The summed E-state index contributed by atoms with van der Waals surface area (Å²) >= 11 is 1.87. The van der Waals surface area contributed by atoms with E-state index in [1.165, 1.54) is 76.5 Å². The number of nitrogens with zero attached hydrogens (tertiary/aromatic N) is 4. The summed E-state index contributed by atoms with van der Waals surface area (Å²) in [5.41, 5.74) is 14.4. The maximum Gasteiger partial charge on any atom is 0.425 e. The number of fused-ring (bicyclic) bond motifs is 7. The summed E-state index contributed by atoms with van der Waals surface area (Å²) in [5.74, 6) is 1.13. The lowest BCUT2D eigenvalue weighted by Crippen LogP contribution is -2.54. The number of rotatable bonds is 5. The van der Waals surface area contributed by atoms with Gasteiger partial charge in [-0.25, -0.2) is 0 Å². The van der Waals surface area contributed by atoms with Crippen LogP contribution < -0.4 is 10.4 Å². The fraction of sp³-hybridized carbons (Fsp3) is 0. The molecule has 0 saturated heterocycles. The van der Waals surface area contributed by atoms with E-state index < -0.39 is 0 Å². The fourth-order valence-electron chi connectivity index (χ4n) is 9.10. The van der Waals surface area contributed by atoms with Crippen LogP contribution in [0.25, 0.3) is 61.1 Å². The van der Waals surface area contributed by atoms with Crippen molar-refractivity contribution < 1.29 is 0 Å². The van der Waals surface area contributed by atoms with Gasteiger partial charge in [-0.15, -0.1) is 0 Å². The number of anilines is 3. The van der Waals surface area contributed by atoms with E-state index in [1.54, 1.807) is 0 Å². The SMILES string of the molecule is c1ccc(-c2ccc(N3c4cc(-n5c6ccccc6c6ccccc65)cc5c4B(n4c(ccc4-c4ccccc4)S5)n4c(-c5ccccc5)ccc43)cc2)cc1. The van der Waals surface area contributed by atoms with Gasteiger partial charge in [0.2, 0.25) is 0 Å². The monoisotopic (exact) mass is 732 g/mol. The Hall–Kier alpha value is -6.89. The Morgan fingerprint density at radius 3 is 1.59 bits per heavy atom. The van der Waals surface area contributed by atoms with Crippen LogP contribution >= 0.6 is 11.8 Å². The highest BCUT2D eigenvalue weighted by Crippen LogP contribution is 2.49. The average molecular weight is 733 g/mol. The standard InChI is InChI=1S/C50H33BN4S/c1-4-14-34(15-5-1)35-24-26-38(27-25-35)53-46-32-39(52-44-22-12-10-20-40(44)41-21-11-13-23-45(41)52)33-47-50(46)51(54-42(28-30-48(53)54)36-16-6-2-7-17-36)55-43(29-31-49(55)56-47)37-18-8-3-9-19-37/h1-33H. The molecule has 262 valence electrons. The Morgan fingerprint density at radius 2 is 0.946 bits per heavy atom. The third-order valence-electron chi connectivity index (χ3n) is 11.5. The van der Waals surface area contributed by atoms with Crippen LogP contribution in [0.15, 0.2) is 210 Å². The first-order valence-electron chi connectivity index (χ1n) is 19.1. The van der Waals surface area contributed by atoms with E-state index in [1.807, 2.05) is 11.8 Å². The van der Waals surface area contributed by atoms with E-state index >= 15 is 0 Å². The first-order valence-corrected chi connectivity index (χ1v) is 20.0. The van der Waals surface area contributed by atoms with Crippen molar-refractivity contribution >= 4 is 63.2 Å². The zero-order valence-electron chi connectivity index (χ0n) is 30.3. The average Bonchev–Trinajstić information content (AvgIpc) is 3.99. The van der Waals surface area contributed by atoms with Gasteiger partial charge in [0.15, 0.2) is 0 Å². The Labute approximate surface area is 329 Å². The van der Waals surface area contributed by atoms with Gasteiger partial charge < -0.3 is 13.5 Å². The minimum atomic E-state index is -0.117. The maximum atomic E-state index is 2.57. The second kappa shape index (κ2) is 12.3. The van der Waals surface area contributed by atoms with Gasteiger partial charge in [-0.2, -0.15) is 0 Å². The minimum Gasteiger partial charge on any atom is -0.355 e. The molecular formula is C50H33BN4S. The molecule has 0 atom stereocenters. The zero-order valence-corrected chi connectivity index (χ0v) is 31.1. The van der Waals surface area contributed by atoms with Crippen molar-refractivity contribution in [2.45, 2.75) is 9.92 Å². The molecule has 0 bridgehead atoms. The molecule has 12 rings (SSSR count). The number of para-hydroxylation sites is 2. The predicted molar refractivity (Wildman–Crippen MR) is 235 cm³/mol. The van der Waals surface area contributed by atoms with Crippen molar-refractivity contribution in [1.82, 2.24) is 13.5 Å². The summed E-state index contributed by atoms with van der Waals surface area (Å²) in [7, 11) is 0. The highest BCUT2D eigenvalue weighted by molar-refractivity contribution is 7.99. The molecule has 56 heavy (non-hydrogen) atoms. The lowest BCUT2D eigenvalue weighted by Gasteiger charge is -2.41. The van der Waals surface area contributed by atoms with Crippen LogP contribution in [0, 0.1) is 0 Å². The summed E-state index contributed by atoms with van der Waals surface area (Å²) in [6, 6.07) is 73.1. The molecule has 4 nitrogen and oxygen atoms in total. The minimum absolute atomic E-state index is 0.117. The van der Waals surface area contributed by atoms with Gasteiger partial charge in [0.1, 0.15) is 5.82 Å². The van der Waals surface area contributed by atoms with Crippen LogP contribution in [0.3, 0.4) is 0 Å². The quantitative estimate of drug-likeness (QED) is 0.164. The third kappa shape index (κ3) is 4.63. The molecule has 7 aromatic carbocycles. The number of hydrogen-bond donors (Lipinski definition) is 0. The van der Waals surface area contributed by atoms with E-state index in [9.17, 15) is 0 Å². The van der Waals surface area contributed by atoms with Crippen LogP contribution in [-0.4, -0.2) is 20.5 Å². The van der Waals surface area contributed by atoms with Crippen LogP contribution in [0.1, 0.15) is 0 Å². The van der Waals surface area contributed by atoms with Crippen molar-refractivity contribution in [2.75, 3.05) is 4.90 Å². The van der Waals surface area contributed by atoms with Crippen LogP contribution in [-0.2, 0) is 0 Å². The molecule has 0 saturated carbocycles. The highest BCUT2D eigenvalue weighted by Gasteiger charge is 2.44. The van der Waals surface area contributed by atoms with Gasteiger partial charge in [0, 0.05) is 49.6 Å². The van der Waals surface area contributed by atoms with Gasteiger partial charge in [0.25, 0.3) is 0 Å². The fourth-order valence-corrected chi connectivity index (χ4v) is 10.3. The Balaban J connectivity index is 1.17. The molecule has 2 aliphatic rings. The molecule has 0 radical (unpaired) electrons. The normalized spacial score (nSPS) is 12.9. The van der Waals surface area contributed by atoms with E-state index in [-0.39, 0.29) is 6.98 Å². The summed E-state index contributed by atoms with van der Waals surface area (Å²) in [6.07, 6.45) is 0. The van der Waals surface area contributed by atoms with Crippen molar-refractivity contribution in [3.8, 4) is 39.3 Å². The predicted octanol–water partition coefficient (Wildman–Crippen LogP) is 12.4. The van der Waals surface area contributed by atoms with Crippen LogP contribution in [0.2, 0.25) is 0 Å². The first-order chi connectivity index (χ1) is 27.8. The number of hydrogen-bond acceptors (Lipinski definition) is 2. The van der Waals surface area contributed by atoms with Gasteiger partial charge in [0.05, 0.1) is 16.1 Å². The molecule has 3 aromatic heterocycles. The molecular weight excluding hydrogens is 699 g/mol. The van der Waals surface area contributed by atoms with Gasteiger partial charge >= 0.3 is 6.98 Å². The maximum absolute atomic E-state index is 2.57. The molecule has 0 unspecified atom stereocenters. The summed E-state index contributed by atoms with van der Waals surface area (Å²) in [5, 5.41) is 3.75. The highest BCUT2D eigenvalue weighted by atomic mass is 32.2. The molecule has 0 aliphatic carbocycles. The lowest BCUT2D eigenvalue weighted by molar-refractivity contribution is 0.964. The Kier molecular flexibility index (Phi) is 6.92. The molecule has 0 fully saturated rings. The van der Waals surface area contributed by atoms with Crippen LogP contribution in [0.5, 0.6) is 0 Å². The molecule has 2 aliphatic heterocycles. The lowest BCUT2D eigenvalue weighted by atomic mass is 9.63. The smallest absolute Gasteiger partial charge is 0.355 e. The number of benzene rings is 7. The molecule has 10 aromatic rings. The van der Waals surface area contributed by atoms with Crippen molar-refractivity contribution in [3.63, 3.8) is 0 Å². The van der Waals surface area contributed by atoms with E-state index in [2.05, 4.69) is 219 Å². The number of aromatic nitrogens is 3. The van der Waals surface area contributed by atoms with Crippen molar-refractivity contribution in [1.29, 1.82) is 0 Å². The zero-order chi connectivity index (χ0) is 36.7. The van der Waals surface area contributed by atoms with E-state index in [0.717, 1.165) is 17.2 Å². The summed E-state index contributed by atoms with van der Waals surface area (Å²) < 4.78 is 7.60. The molecule has 5 heterocycles. The summed E-state index contributed by atoms with van der Waals surface area (Å²) in [4.78, 5) is 3.75. The molecule has 0 N–H and O–H groups in total. The van der Waals surface area contributed by atoms with Crippen molar-refractivity contribution in [3.05, 3.63) is 200 Å². The molecule has 6 heteroatoms. The van der Waals surface area contributed by atoms with Gasteiger partial charge in [-0.1, -0.05) is 151 Å². The molecule has 0 spiro atoms. The first kappa shape index (κ1) is 31.5. The molecule has 0 amide bonds. The second-order valence-electron chi connectivity index (χ2n) is 14.6. The van der Waals surface area contributed by atoms with Crippen LogP contribution in [0.4, 0.5) is 17.2 Å². The van der Waals surface area contributed by atoms with Crippen molar-refractivity contribution in [2.24, 2.45) is 0 Å². The van der Waals surface area contributed by atoms with E-state index in [4.69, 9.17) is 0 Å². The van der Waals surface area contributed by atoms with Gasteiger partial charge in [-0.3, -0.25) is 4.90 Å². The van der Waals surface area contributed by atoms with E-state index in [0.29, 0.717) is 0 Å². The largest absolute Gasteiger partial charge is 0.425 e. The topological polar surface area (TPSA) is 18.0 Å². The third-order valence-corrected chi connectivity index (χ3v) is 12.6. The Bertz CT molecular complexity index is 3050. The van der Waals surface area contributed by atoms with Gasteiger partial charge in [-0.05, 0) is 82.9 Å². The summed E-state index contributed by atoms with van der Waals surface area (Å²) in [6.45, 7) is -0.117.